The minimum absolute atomic E-state index is 0.0154. The molecule has 0 saturated heterocycles. The molecule has 0 amide bonds. The van der Waals surface area contributed by atoms with Gasteiger partial charge in [-0.2, -0.15) is 0 Å². The van der Waals surface area contributed by atoms with E-state index in [4.69, 9.17) is 9.47 Å². The van der Waals surface area contributed by atoms with Gasteiger partial charge in [-0.05, 0) is 31.4 Å². The predicted molar refractivity (Wildman–Crippen MR) is 79.6 cm³/mol. The van der Waals surface area contributed by atoms with Crippen LogP contribution in [0.15, 0.2) is 18.2 Å². The zero-order chi connectivity index (χ0) is 15.1. The first-order valence-corrected chi connectivity index (χ1v) is 7.42. The number of nitro benzene ring substituents is 1. The number of hydrogen-bond donors (Lipinski definition) is 1. The summed E-state index contributed by atoms with van der Waals surface area (Å²) in [4.78, 5) is 10.6. The molecule has 0 unspecified atom stereocenters. The molecule has 21 heavy (non-hydrogen) atoms. The molecule has 1 aromatic rings. The summed E-state index contributed by atoms with van der Waals surface area (Å²) < 4.78 is 10.8. The second-order valence-electron chi connectivity index (χ2n) is 5.11. The maximum absolute atomic E-state index is 11.0. The van der Waals surface area contributed by atoms with Crippen molar-refractivity contribution in [3.8, 4) is 5.75 Å². The van der Waals surface area contributed by atoms with Crippen LogP contribution in [0, 0.1) is 10.1 Å². The van der Waals surface area contributed by atoms with E-state index in [0.29, 0.717) is 31.6 Å². The lowest BCUT2D eigenvalue weighted by Crippen LogP contribution is -2.15. The van der Waals surface area contributed by atoms with Crippen molar-refractivity contribution in [2.45, 2.75) is 38.8 Å². The SMILES string of the molecule is CCOCCCOc1cc(CNC2CC2)ccc1[N+](=O)[O-]. The Kier molecular flexibility index (Phi) is 5.95. The summed E-state index contributed by atoms with van der Waals surface area (Å²) in [5.74, 6) is 0.339. The molecule has 1 aliphatic rings. The van der Waals surface area contributed by atoms with E-state index in [1.807, 2.05) is 6.92 Å². The van der Waals surface area contributed by atoms with Crippen molar-refractivity contribution in [3.05, 3.63) is 33.9 Å². The molecule has 1 fully saturated rings. The van der Waals surface area contributed by atoms with Gasteiger partial charge in [0.15, 0.2) is 5.75 Å². The zero-order valence-electron chi connectivity index (χ0n) is 12.3. The zero-order valence-corrected chi connectivity index (χ0v) is 12.3. The highest BCUT2D eigenvalue weighted by molar-refractivity contribution is 5.48. The maximum atomic E-state index is 11.0. The molecule has 1 saturated carbocycles. The van der Waals surface area contributed by atoms with Crippen LogP contribution in [0.5, 0.6) is 5.75 Å². The standard InChI is InChI=1S/C15H22N2O4/c1-2-20-8-3-9-21-15-10-12(11-16-13-5-6-13)4-7-14(15)17(18)19/h4,7,10,13,16H,2-3,5-6,8-9,11H2,1H3. The van der Waals surface area contributed by atoms with E-state index in [1.54, 1.807) is 12.1 Å². The fourth-order valence-electron chi connectivity index (χ4n) is 1.97. The Labute approximate surface area is 124 Å². The fraction of sp³-hybridized carbons (Fsp3) is 0.600. The van der Waals surface area contributed by atoms with Crippen LogP contribution in [0.2, 0.25) is 0 Å². The van der Waals surface area contributed by atoms with Crippen molar-refractivity contribution in [2.75, 3.05) is 19.8 Å². The molecular weight excluding hydrogens is 272 g/mol. The van der Waals surface area contributed by atoms with E-state index in [-0.39, 0.29) is 5.69 Å². The minimum atomic E-state index is -0.407. The molecule has 0 heterocycles. The van der Waals surface area contributed by atoms with Crippen molar-refractivity contribution in [3.63, 3.8) is 0 Å². The minimum Gasteiger partial charge on any atom is -0.487 e. The molecule has 0 radical (unpaired) electrons. The first-order valence-electron chi connectivity index (χ1n) is 7.42. The first-order chi connectivity index (χ1) is 10.2. The average Bonchev–Trinajstić information content (AvgIpc) is 3.29. The molecule has 116 valence electrons. The van der Waals surface area contributed by atoms with Crippen LogP contribution in [0.3, 0.4) is 0 Å². The van der Waals surface area contributed by atoms with Crippen molar-refractivity contribution in [2.24, 2.45) is 0 Å². The van der Waals surface area contributed by atoms with Crippen LogP contribution in [0.25, 0.3) is 0 Å². The van der Waals surface area contributed by atoms with Gasteiger partial charge < -0.3 is 14.8 Å². The van der Waals surface area contributed by atoms with Crippen LogP contribution in [-0.4, -0.2) is 30.8 Å². The van der Waals surface area contributed by atoms with Crippen LogP contribution in [-0.2, 0) is 11.3 Å². The Hall–Kier alpha value is -1.66. The third-order valence-corrected chi connectivity index (χ3v) is 3.29. The molecule has 0 aliphatic heterocycles. The van der Waals surface area contributed by atoms with Gasteiger partial charge in [-0.3, -0.25) is 10.1 Å². The van der Waals surface area contributed by atoms with Crippen LogP contribution < -0.4 is 10.1 Å². The molecule has 0 bridgehead atoms. The fourth-order valence-corrected chi connectivity index (χ4v) is 1.97. The Morgan fingerprint density at radius 1 is 1.38 bits per heavy atom. The highest BCUT2D eigenvalue weighted by Gasteiger charge is 2.21. The largest absolute Gasteiger partial charge is 0.487 e. The molecule has 6 heteroatoms. The summed E-state index contributed by atoms with van der Waals surface area (Å²) in [5, 5.41) is 14.4. The Morgan fingerprint density at radius 3 is 2.86 bits per heavy atom. The van der Waals surface area contributed by atoms with E-state index in [0.717, 1.165) is 18.5 Å². The summed E-state index contributed by atoms with van der Waals surface area (Å²) >= 11 is 0. The summed E-state index contributed by atoms with van der Waals surface area (Å²) in [5.41, 5.74) is 1.02. The van der Waals surface area contributed by atoms with Gasteiger partial charge in [0, 0.05) is 38.3 Å². The normalized spacial score (nSPS) is 14.1. The molecular formula is C15H22N2O4. The molecule has 0 atom stereocenters. The number of rotatable bonds is 10. The molecule has 0 aromatic heterocycles. The molecule has 1 N–H and O–H groups in total. The van der Waals surface area contributed by atoms with Gasteiger partial charge >= 0.3 is 5.69 Å². The number of benzene rings is 1. The maximum Gasteiger partial charge on any atom is 0.310 e. The van der Waals surface area contributed by atoms with Crippen molar-refractivity contribution in [1.82, 2.24) is 5.32 Å². The topological polar surface area (TPSA) is 73.6 Å². The second kappa shape index (κ2) is 7.95. The lowest BCUT2D eigenvalue weighted by molar-refractivity contribution is -0.385. The van der Waals surface area contributed by atoms with Gasteiger partial charge in [0.1, 0.15) is 0 Å². The van der Waals surface area contributed by atoms with Gasteiger partial charge in [-0.1, -0.05) is 6.07 Å². The Morgan fingerprint density at radius 2 is 2.19 bits per heavy atom. The third kappa shape index (κ3) is 5.32. The van der Waals surface area contributed by atoms with Crippen molar-refractivity contribution in [1.29, 1.82) is 0 Å². The quantitative estimate of drug-likeness (QED) is 0.408. The highest BCUT2D eigenvalue weighted by atomic mass is 16.6. The molecule has 1 aromatic carbocycles. The Bertz CT molecular complexity index is 475. The summed E-state index contributed by atoms with van der Waals surface area (Å²) in [6, 6.07) is 5.66. The van der Waals surface area contributed by atoms with Crippen LogP contribution in [0.4, 0.5) is 5.69 Å². The van der Waals surface area contributed by atoms with E-state index < -0.39 is 4.92 Å². The van der Waals surface area contributed by atoms with Gasteiger partial charge in [0.2, 0.25) is 0 Å². The predicted octanol–water partition coefficient (Wildman–Crippen LogP) is 2.65. The van der Waals surface area contributed by atoms with Crippen molar-refractivity contribution >= 4 is 5.69 Å². The van der Waals surface area contributed by atoms with Crippen LogP contribution in [0.1, 0.15) is 31.7 Å². The highest BCUT2D eigenvalue weighted by Crippen LogP contribution is 2.28. The number of nitrogens with zero attached hydrogens (tertiary/aromatic N) is 1. The number of nitrogens with one attached hydrogen (secondary N) is 1. The van der Waals surface area contributed by atoms with E-state index in [9.17, 15) is 10.1 Å². The summed E-state index contributed by atoms with van der Waals surface area (Å²) in [6.07, 6.45) is 3.15. The molecule has 1 aliphatic carbocycles. The molecule has 2 rings (SSSR count). The van der Waals surface area contributed by atoms with Crippen LogP contribution >= 0.6 is 0 Å². The van der Waals surface area contributed by atoms with Gasteiger partial charge in [0.25, 0.3) is 0 Å². The van der Waals surface area contributed by atoms with Crippen molar-refractivity contribution < 1.29 is 14.4 Å². The van der Waals surface area contributed by atoms with E-state index in [2.05, 4.69) is 5.32 Å². The molecule has 6 nitrogen and oxygen atoms in total. The van der Waals surface area contributed by atoms with E-state index in [1.165, 1.54) is 18.9 Å². The smallest absolute Gasteiger partial charge is 0.310 e. The first kappa shape index (κ1) is 15.7. The number of nitro groups is 1. The lowest BCUT2D eigenvalue weighted by atomic mass is 10.2. The van der Waals surface area contributed by atoms with Gasteiger partial charge in [0.05, 0.1) is 11.5 Å². The van der Waals surface area contributed by atoms with Gasteiger partial charge in [-0.25, -0.2) is 0 Å². The Balaban J connectivity index is 1.92. The van der Waals surface area contributed by atoms with E-state index >= 15 is 0 Å². The number of hydrogen-bond acceptors (Lipinski definition) is 5. The summed E-state index contributed by atoms with van der Waals surface area (Å²) in [7, 11) is 0. The summed E-state index contributed by atoms with van der Waals surface area (Å²) in [6.45, 7) is 4.34. The molecule has 0 spiro atoms. The number of ether oxygens (including phenoxy) is 2. The second-order valence-corrected chi connectivity index (χ2v) is 5.11. The lowest BCUT2D eigenvalue weighted by Gasteiger charge is -2.09. The monoisotopic (exact) mass is 294 g/mol. The van der Waals surface area contributed by atoms with Gasteiger partial charge in [-0.15, -0.1) is 0 Å². The average molecular weight is 294 g/mol. The third-order valence-electron chi connectivity index (χ3n) is 3.29.